The molecule has 0 spiro atoms. The molecule has 2 rings (SSSR count). The summed E-state index contributed by atoms with van der Waals surface area (Å²) in [5, 5.41) is 0. The largest absolute Gasteiger partial charge is 0.240 e. The molecule has 0 heterocycles. The fourth-order valence-corrected chi connectivity index (χ4v) is 1.95. The average Bonchev–Trinajstić information content (AvgIpc) is 2.31. The maximum atomic E-state index is 10.2. The minimum atomic E-state index is 0.648. The van der Waals surface area contributed by atoms with Crippen LogP contribution in [0.15, 0.2) is 47.5 Å². The van der Waals surface area contributed by atoms with E-state index in [9.17, 15) is 4.79 Å². The van der Waals surface area contributed by atoms with Gasteiger partial charge in [-0.2, -0.15) is 4.99 Å². The van der Waals surface area contributed by atoms with E-state index < -0.39 is 0 Å². The van der Waals surface area contributed by atoms with Gasteiger partial charge in [-0.3, -0.25) is 0 Å². The number of rotatable bonds is 2. The molecule has 2 heteroatoms. The van der Waals surface area contributed by atoms with Gasteiger partial charge in [-0.05, 0) is 48.2 Å². The van der Waals surface area contributed by atoms with Gasteiger partial charge in [0.05, 0.1) is 5.69 Å². The molecule has 0 saturated carbocycles. The van der Waals surface area contributed by atoms with Gasteiger partial charge in [-0.15, -0.1) is 0 Å². The molecule has 0 bridgehead atoms. The Balaban J connectivity index is 2.54. The van der Waals surface area contributed by atoms with E-state index in [0.717, 1.165) is 5.56 Å². The molecular weight excluding hydrogens is 210 g/mol. The number of hydrogen-bond donors (Lipinski definition) is 0. The van der Waals surface area contributed by atoms with E-state index in [-0.39, 0.29) is 0 Å². The summed E-state index contributed by atoms with van der Waals surface area (Å²) in [5.41, 5.74) is 5.38. The quantitative estimate of drug-likeness (QED) is 0.560. The van der Waals surface area contributed by atoms with Crippen molar-refractivity contribution in [3.05, 3.63) is 53.6 Å². The van der Waals surface area contributed by atoms with Crippen LogP contribution in [-0.2, 0) is 4.79 Å². The third kappa shape index (κ3) is 2.32. The lowest BCUT2D eigenvalue weighted by Gasteiger charge is -2.09. The molecule has 0 saturated heterocycles. The van der Waals surface area contributed by atoms with Gasteiger partial charge in [0.1, 0.15) is 0 Å². The summed E-state index contributed by atoms with van der Waals surface area (Å²) in [4.78, 5) is 13.8. The van der Waals surface area contributed by atoms with Gasteiger partial charge >= 0.3 is 0 Å². The number of isocyanates is 1. The Labute approximate surface area is 101 Å². The van der Waals surface area contributed by atoms with Crippen molar-refractivity contribution in [1.82, 2.24) is 0 Å². The molecule has 2 aromatic rings. The van der Waals surface area contributed by atoms with Crippen LogP contribution >= 0.6 is 0 Å². The van der Waals surface area contributed by atoms with Gasteiger partial charge in [0.25, 0.3) is 0 Å². The summed E-state index contributed by atoms with van der Waals surface area (Å²) >= 11 is 0. The van der Waals surface area contributed by atoms with E-state index in [4.69, 9.17) is 0 Å². The summed E-state index contributed by atoms with van der Waals surface area (Å²) in [5.74, 6) is 0. The topological polar surface area (TPSA) is 29.4 Å². The maximum Gasteiger partial charge on any atom is 0.240 e. The van der Waals surface area contributed by atoms with Crippen molar-refractivity contribution in [2.75, 3.05) is 0 Å². The lowest BCUT2D eigenvalue weighted by atomic mass is 9.96. The Bertz CT molecular complexity index is 596. The van der Waals surface area contributed by atoms with Crippen molar-refractivity contribution in [3.8, 4) is 11.1 Å². The third-order valence-corrected chi connectivity index (χ3v) is 2.82. The predicted molar refractivity (Wildman–Crippen MR) is 69.1 cm³/mol. The van der Waals surface area contributed by atoms with Gasteiger partial charge in [-0.25, -0.2) is 4.79 Å². The fraction of sp³-hybridized carbons (Fsp3) is 0.133. The standard InChI is InChI=1S/C15H13NO/c1-11-5-3-4-6-14(11)15-8-7-13(16-10-17)9-12(15)2/h3-9H,1-2H3. The summed E-state index contributed by atoms with van der Waals surface area (Å²) in [7, 11) is 0. The smallest absolute Gasteiger partial charge is 0.211 e. The predicted octanol–water partition coefficient (Wildman–Crippen LogP) is 3.94. The Morgan fingerprint density at radius 1 is 0.941 bits per heavy atom. The molecule has 0 aromatic heterocycles. The zero-order valence-corrected chi connectivity index (χ0v) is 9.90. The van der Waals surface area contributed by atoms with Gasteiger partial charge in [-0.1, -0.05) is 30.3 Å². The number of nitrogens with zero attached hydrogens (tertiary/aromatic N) is 1. The van der Waals surface area contributed by atoms with E-state index in [1.807, 2.05) is 37.3 Å². The molecule has 0 atom stereocenters. The van der Waals surface area contributed by atoms with E-state index in [1.54, 1.807) is 6.08 Å². The third-order valence-electron chi connectivity index (χ3n) is 2.82. The van der Waals surface area contributed by atoms with Crippen molar-refractivity contribution in [3.63, 3.8) is 0 Å². The highest BCUT2D eigenvalue weighted by Crippen LogP contribution is 2.28. The van der Waals surface area contributed by atoms with Crippen molar-refractivity contribution in [2.45, 2.75) is 13.8 Å². The van der Waals surface area contributed by atoms with Gasteiger partial charge in [0.15, 0.2) is 0 Å². The second-order valence-corrected chi connectivity index (χ2v) is 4.02. The highest BCUT2D eigenvalue weighted by molar-refractivity contribution is 5.72. The molecule has 0 aliphatic rings. The normalized spacial score (nSPS) is 9.76. The van der Waals surface area contributed by atoms with Crippen LogP contribution in [-0.4, -0.2) is 6.08 Å². The highest BCUT2D eigenvalue weighted by Gasteiger charge is 2.04. The monoisotopic (exact) mass is 223 g/mol. The Morgan fingerprint density at radius 2 is 1.65 bits per heavy atom. The molecule has 84 valence electrons. The molecule has 0 fully saturated rings. The molecule has 0 aliphatic carbocycles. The van der Waals surface area contributed by atoms with E-state index >= 15 is 0 Å². The van der Waals surface area contributed by atoms with Crippen LogP contribution in [0, 0.1) is 13.8 Å². The molecule has 2 nitrogen and oxygen atoms in total. The van der Waals surface area contributed by atoms with Crippen LogP contribution in [0.1, 0.15) is 11.1 Å². The second kappa shape index (κ2) is 4.77. The van der Waals surface area contributed by atoms with Crippen molar-refractivity contribution in [2.24, 2.45) is 4.99 Å². The Morgan fingerprint density at radius 3 is 2.29 bits per heavy atom. The molecule has 17 heavy (non-hydrogen) atoms. The lowest BCUT2D eigenvalue weighted by molar-refractivity contribution is 0.565. The van der Waals surface area contributed by atoms with Crippen LogP contribution in [0.3, 0.4) is 0 Å². The van der Waals surface area contributed by atoms with E-state index in [0.29, 0.717) is 5.69 Å². The molecule has 0 unspecified atom stereocenters. The molecular formula is C15H13NO. The zero-order chi connectivity index (χ0) is 12.3. The molecule has 0 N–H and O–H groups in total. The number of aryl methyl sites for hydroxylation is 2. The summed E-state index contributed by atoms with van der Waals surface area (Å²) in [6.07, 6.45) is 1.56. The Hall–Kier alpha value is -2.18. The van der Waals surface area contributed by atoms with Crippen molar-refractivity contribution in [1.29, 1.82) is 0 Å². The number of hydrogen-bond acceptors (Lipinski definition) is 2. The molecule has 0 radical (unpaired) electrons. The van der Waals surface area contributed by atoms with Crippen molar-refractivity contribution >= 4 is 11.8 Å². The number of benzene rings is 2. The molecule has 0 amide bonds. The van der Waals surface area contributed by atoms with Gasteiger partial charge in [0, 0.05) is 0 Å². The van der Waals surface area contributed by atoms with Crippen LogP contribution in [0.2, 0.25) is 0 Å². The fourth-order valence-electron chi connectivity index (χ4n) is 1.95. The van der Waals surface area contributed by atoms with Crippen molar-refractivity contribution < 1.29 is 4.79 Å². The van der Waals surface area contributed by atoms with E-state index in [2.05, 4.69) is 24.0 Å². The second-order valence-electron chi connectivity index (χ2n) is 4.02. The number of aliphatic imine (C=N–C) groups is 1. The maximum absolute atomic E-state index is 10.2. The van der Waals surface area contributed by atoms with Crippen LogP contribution < -0.4 is 0 Å². The first-order valence-electron chi connectivity index (χ1n) is 5.47. The first-order valence-corrected chi connectivity index (χ1v) is 5.47. The summed E-state index contributed by atoms with van der Waals surface area (Å²) in [6.45, 7) is 4.11. The van der Waals surface area contributed by atoms with Crippen LogP contribution in [0.5, 0.6) is 0 Å². The van der Waals surface area contributed by atoms with Gasteiger partial charge < -0.3 is 0 Å². The highest BCUT2D eigenvalue weighted by atomic mass is 16.1. The lowest BCUT2D eigenvalue weighted by Crippen LogP contribution is -1.86. The number of carbonyl (C=O) groups excluding carboxylic acids is 1. The van der Waals surface area contributed by atoms with Crippen LogP contribution in [0.25, 0.3) is 11.1 Å². The van der Waals surface area contributed by atoms with Crippen LogP contribution in [0.4, 0.5) is 5.69 Å². The minimum absolute atomic E-state index is 0.648. The molecule has 0 aliphatic heterocycles. The zero-order valence-electron chi connectivity index (χ0n) is 9.90. The van der Waals surface area contributed by atoms with Gasteiger partial charge in [0.2, 0.25) is 6.08 Å². The SMILES string of the molecule is Cc1ccccc1-c1ccc(N=C=O)cc1C. The summed E-state index contributed by atoms with van der Waals surface area (Å²) < 4.78 is 0. The average molecular weight is 223 g/mol. The van der Waals surface area contributed by atoms with E-state index in [1.165, 1.54) is 16.7 Å². The molecule has 2 aromatic carbocycles. The first-order chi connectivity index (χ1) is 8.22. The summed E-state index contributed by atoms with van der Waals surface area (Å²) in [6, 6.07) is 14.0. The first kappa shape index (κ1) is 11.3. The minimum Gasteiger partial charge on any atom is -0.211 e. The Kier molecular flexibility index (Phi) is 3.17.